The quantitative estimate of drug-likeness (QED) is 0.570. The molecule has 0 aliphatic rings. The Bertz CT molecular complexity index is 601. The topological polar surface area (TPSA) is 35.2 Å². The molecule has 2 rings (SSSR count). The van der Waals surface area contributed by atoms with Crippen LogP contribution in [0.25, 0.3) is 0 Å². The van der Waals surface area contributed by atoms with Gasteiger partial charge in [-0.25, -0.2) is 0 Å². The van der Waals surface area contributed by atoms with E-state index in [2.05, 4.69) is 0 Å². The Kier molecular flexibility index (Phi) is 4.13. The van der Waals surface area contributed by atoms with E-state index in [0.29, 0.717) is 37.3 Å². The van der Waals surface area contributed by atoms with Crippen molar-refractivity contribution in [3.8, 4) is 11.5 Å². The van der Waals surface area contributed by atoms with Crippen LogP contribution in [0.15, 0.2) is 30.3 Å². The van der Waals surface area contributed by atoms with Crippen molar-refractivity contribution in [3.63, 3.8) is 0 Å². The molecular weight excluding hydrogens is 316 g/mol. The number of nitrogens with two attached hydrogens (primary N) is 1. The number of hydrogen-bond donors (Lipinski definition) is 1. The Morgan fingerprint density at radius 3 is 2.17 bits per heavy atom. The van der Waals surface area contributed by atoms with Crippen LogP contribution in [-0.4, -0.2) is 0 Å². The van der Waals surface area contributed by atoms with E-state index >= 15 is 0 Å². The fraction of sp³-hybridized carbons (Fsp3) is 0. The maximum atomic E-state index is 6.00. The number of benzene rings is 2. The van der Waals surface area contributed by atoms with Crippen LogP contribution in [-0.2, 0) is 0 Å². The smallest absolute Gasteiger partial charge is 0.151 e. The molecule has 0 heterocycles. The lowest BCUT2D eigenvalue weighted by atomic mass is 10.3. The third-order valence-electron chi connectivity index (χ3n) is 2.17. The third-order valence-corrected chi connectivity index (χ3v) is 3.42. The van der Waals surface area contributed by atoms with Crippen LogP contribution < -0.4 is 10.5 Å². The Morgan fingerprint density at radius 1 is 0.778 bits per heavy atom. The normalized spacial score (nSPS) is 10.4. The zero-order chi connectivity index (χ0) is 13.3. The summed E-state index contributed by atoms with van der Waals surface area (Å²) in [7, 11) is 0. The second-order valence-corrected chi connectivity index (χ2v) is 5.14. The lowest BCUT2D eigenvalue weighted by Gasteiger charge is -2.11. The Hall–Kier alpha value is -0.800. The Balaban J connectivity index is 2.40. The summed E-state index contributed by atoms with van der Waals surface area (Å²) in [5.74, 6) is 0.767. The number of rotatable bonds is 2. The number of hydrogen-bond acceptors (Lipinski definition) is 2. The van der Waals surface area contributed by atoms with Crippen LogP contribution in [0.2, 0.25) is 20.1 Å². The first-order chi connectivity index (χ1) is 8.47. The first-order valence-corrected chi connectivity index (χ1v) is 6.36. The van der Waals surface area contributed by atoms with E-state index in [-0.39, 0.29) is 0 Å². The molecule has 18 heavy (non-hydrogen) atoms. The number of ether oxygens (including phenoxy) is 1. The highest BCUT2D eigenvalue weighted by molar-refractivity contribution is 6.43. The molecule has 0 saturated carbocycles. The van der Waals surface area contributed by atoms with E-state index in [4.69, 9.17) is 56.9 Å². The van der Waals surface area contributed by atoms with E-state index < -0.39 is 0 Å². The molecule has 2 N–H and O–H groups in total. The zero-order valence-electron chi connectivity index (χ0n) is 8.88. The van der Waals surface area contributed by atoms with Crippen LogP contribution in [0.3, 0.4) is 0 Å². The standard InChI is InChI=1S/C12H7Cl4NO/c13-6-1-2-10(17)12(3-6)18-11-5-8(15)7(14)4-9(11)16/h1-5H,17H2. The molecule has 0 fully saturated rings. The summed E-state index contributed by atoms with van der Waals surface area (Å²) in [6.07, 6.45) is 0. The summed E-state index contributed by atoms with van der Waals surface area (Å²) in [4.78, 5) is 0. The highest BCUT2D eigenvalue weighted by Gasteiger charge is 2.10. The van der Waals surface area contributed by atoms with E-state index in [9.17, 15) is 0 Å². The highest BCUT2D eigenvalue weighted by atomic mass is 35.5. The van der Waals surface area contributed by atoms with Crippen molar-refractivity contribution in [1.29, 1.82) is 0 Å². The summed E-state index contributed by atoms with van der Waals surface area (Å²) in [6.45, 7) is 0. The average Bonchev–Trinajstić information content (AvgIpc) is 2.30. The molecule has 0 bridgehead atoms. The van der Waals surface area contributed by atoms with Crippen molar-refractivity contribution < 1.29 is 4.74 Å². The van der Waals surface area contributed by atoms with Crippen molar-refractivity contribution in [1.82, 2.24) is 0 Å². The van der Waals surface area contributed by atoms with Gasteiger partial charge in [-0.1, -0.05) is 46.4 Å². The molecule has 2 aromatic rings. The lowest BCUT2D eigenvalue weighted by Crippen LogP contribution is -1.92. The summed E-state index contributed by atoms with van der Waals surface area (Å²) in [5.41, 5.74) is 6.22. The molecule has 0 aromatic heterocycles. The molecule has 6 heteroatoms. The predicted octanol–water partition coefficient (Wildman–Crippen LogP) is 5.67. The molecule has 0 radical (unpaired) electrons. The molecule has 0 amide bonds. The predicted molar refractivity (Wildman–Crippen MR) is 77.4 cm³/mol. The Morgan fingerprint density at radius 2 is 1.44 bits per heavy atom. The van der Waals surface area contributed by atoms with Gasteiger partial charge in [0.25, 0.3) is 0 Å². The van der Waals surface area contributed by atoms with Gasteiger partial charge in [-0.3, -0.25) is 0 Å². The zero-order valence-corrected chi connectivity index (χ0v) is 11.9. The van der Waals surface area contributed by atoms with E-state index in [1.54, 1.807) is 18.2 Å². The maximum Gasteiger partial charge on any atom is 0.151 e. The molecule has 0 aliphatic heterocycles. The van der Waals surface area contributed by atoms with E-state index in [0.717, 1.165) is 0 Å². The average molecular weight is 323 g/mol. The van der Waals surface area contributed by atoms with Crippen LogP contribution in [0.1, 0.15) is 0 Å². The third kappa shape index (κ3) is 2.96. The van der Waals surface area contributed by atoms with E-state index in [1.165, 1.54) is 12.1 Å². The minimum absolute atomic E-state index is 0.337. The van der Waals surface area contributed by atoms with Gasteiger partial charge in [0.2, 0.25) is 0 Å². The van der Waals surface area contributed by atoms with E-state index in [1.807, 2.05) is 0 Å². The monoisotopic (exact) mass is 321 g/mol. The van der Waals surface area contributed by atoms with Crippen molar-refractivity contribution in [3.05, 3.63) is 50.4 Å². The molecular formula is C12H7Cl4NO. The summed E-state index contributed by atoms with van der Waals surface area (Å²) in [6, 6.07) is 7.92. The van der Waals surface area contributed by atoms with Gasteiger partial charge < -0.3 is 10.5 Å². The summed E-state index contributed by atoms with van der Waals surface area (Å²) >= 11 is 23.6. The fourth-order valence-corrected chi connectivity index (χ4v) is 2.04. The number of nitrogen functional groups attached to an aromatic ring is 1. The minimum Gasteiger partial charge on any atom is -0.454 e. The van der Waals surface area contributed by atoms with Gasteiger partial charge in [-0.05, 0) is 18.2 Å². The molecule has 0 atom stereocenters. The van der Waals surface area contributed by atoms with Crippen molar-refractivity contribution in [2.45, 2.75) is 0 Å². The van der Waals surface area contributed by atoms with Crippen LogP contribution in [0.5, 0.6) is 11.5 Å². The largest absolute Gasteiger partial charge is 0.454 e. The van der Waals surface area contributed by atoms with Gasteiger partial charge in [0.05, 0.1) is 20.8 Å². The molecule has 0 unspecified atom stereocenters. The summed E-state index contributed by atoms with van der Waals surface area (Å²) < 4.78 is 5.57. The van der Waals surface area contributed by atoms with Crippen molar-refractivity contribution in [2.24, 2.45) is 0 Å². The molecule has 0 spiro atoms. The van der Waals surface area contributed by atoms with Gasteiger partial charge in [0.1, 0.15) is 5.75 Å². The van der Waals surface area contributed by atoms with Crippen LogP contribution in [0, 0.1) is 0 Å². The molecule has 2 aromatic carbocycles. The van der Waals surface area contributed by atoms with Gasteiger partial charge in [0.15, 0.2) is 5.75 Å². The molecule has 2 nitrogen and oxygen atoms in total. The number of halogens is 4. The number of anilines is 1. The second kappa shape index (κ2) is 5.45. The molecule has 0 aliphatic carbocycles. The first kappa shape index (κ1) is 13.6. The molecule has 0 saturated heterocycles. The van der Waals surface area contributed by atoms with Crippen molar-refractivity contribution >= 4 is 52.1 Å². The SMILES string of the molecule is Nc1ccc(Cl)cc1Oc1cc(Cl)c(Cl)cc1Cl. The minimum atomic E-state index is 0.337. The maximum absolute atomic E-state index is 6.00. The lowest BCUT2D eigenvalue weighted by molar-refractivity contribution is 0.485. The van der Waals surface area contributed by atoms with Crippen LogP contribution >= 0.6 is 46.4 Å². The van der Waals surface area contributed by atoms with Gasteiger partial charge in [-0.2, -0.15) is 0 Å². The first-order valence-electron chi connectivity index (χ1n) is 4.85. The Labute approximate surface area is 124 Å². The molecule has 94 valence electrons. The van der Waals surface area contributed by atoms with Gasteiger partial charge >= 0.3 is 0 Å². The van der Waals surface area contributed by atoms with Crippen molar-refractivity contribution in [2.75, 3.05) is 5.73 Å². The van der Waals surface area contributed by atoms with Gasteiger partial charge in [0, 0.05) is 17.2 Å². The summed E-state index contributed by atoms with van der Waals surface area (Å²) in [5, 5.41) is 1.55. The van der Waals surface area contributed by atoms with Crippen LogP contribution in [0.4, 0.5) is 5.69 Å². The van der Waals surface area contributed by atoms with Gasteiger partial charge in [-0.15, -0.1) is 0 Å². The fourth-order valence-electron chi connectivity index (χ4n) is 1.30. The highest BCUT2D eigenvalue weighted by Crippen LogP contribution is 2.38. The second-order valence-electron chi connectivity index (χ2n) is 3.48.